The monoisotopic (exact) mass is 452 g/mol. The third-order valence-electron chi connectivity index (χ3n) is 6.11. The SMILES string of the molecule is CCOC(=O)c1cn(C2CC2)c2c(OC)c(-c3cc4c(s3)CCC/C4=N\O)ccc2c1=O. The van der Waals surface area contributed by atoms with Crippen molar-refractivity contribution in [3.63, 3.8) is 0 Å². The van der Waals surface area contributed by atoms with E-state index in [1.54, 1.807) is 37.6 Å². The third-order valence-corrected chi connectivity index (χ3v) is 7.34. The first-order valence-electron chi connectivity index (χ1n) is 10.8. The van der Waals surface area contributed by atoms with Crippen molar-refractivity contribution in [2.24, 2.45) is 5.16 Å². The van der Waals surface area contributed by atoms with E-state index in [1.165, 1.54) is 4.88 Å². The van der Waals surface area contributed by atoms with Crippen molar-refractivity contribution < 1.29 is 19.5 Å². The summed E-state index contributed by atoms with van der Waals surface area (Å²) in [5, 5.41) is 13.3. The topological polar surface area (TPSA) is 90.1 Å². The van der Waals surface area contributed by atoms with Gasteiger partial charge in [0.15, 0.2) is 5.75 Å². The molecule has 8 heteroatoms. The Morgan fingerprint density at radius 1 is 1.28 bits per heavy atom. The van der Waals surface area contributed by atoms with E-state index in [4.69, 9.17) is 9.47 Å². The van der Waals surface area contributed by atoms with Gasteiger partial charge in [-0.05, 0) is 57.2 Å². The molecule has 166 valence electrons. The summed E-state index contributed by atoms with van der Waals surface area (Å²) in [5.41, 5.74) is 2.99. The van der Waals surface area contributed by atoms with E-state index in [2.05, 4.69) is 5.16 Å². The minimum atomic E-state index is -0.599. The van der Waals surface area contributed by atoms with E-state index in [0.717, 1.165) is 48.1 Å². The number of ether oxygens (including phenoxy) is 2. The first kappa shape index (κ1) is 20.8. The molecule has 2 heterocycles. The predicted molar refractivity (Wildman–Crippen MR) is 124 cm³/mol. The normalized spacial score (nSPS) is 16.9. The van der Waals surface area contributed by atoms with Crippen LogP contribution in [0, 0.1) is 0 Å². The number of carbonyl (C=O) groups is 1. The number of oxime groups is 1. The van der Waals surface area contributed by atoms with Crippen molar-refractivity contribution in [2.45, 2.75) is 45.1 Å². The first-order valence-corrected chi connectivity index (χ1v) is 11.7. The average Bonchev–Trinajstić information content (AvgIpc) is 3.55. The molecule has 32 heavy (non-hydrogen) atoms. The Bertz CT molecular complexity index is 1320. The van der Waals surface area contributed by atoms with Crippen molar-refractivity contribution in [1.29, 1.82) is 0 Å². The summed E-state index contributed by atoms with van der Waals surface area (Å²) in [5.74, 6) is 0.0154. The van der Waals surface area contributed by atoms with Crippen LogP contribution < -0.4 is 10.2 Å². The lowest BCUT2D eigenvalue weighted by molar-refractivity contribution is 0.0524. The molecular formula is C24H24N2O5S. The van der Waals surface area contributed by atoms with E-state index < -0.39 is 5.97 Å². The number of nitrogens with zero attached hydrogens (tertiary/aromatic N) is 2. The quantitative estimate of drug-likeness (QED) is 0.342. The summed E-state index contributed by atoms with van der Waals surface area (Å²) in [7, 11) is 1.60. The van der Waals surface area contributed by atoms with Crippen LogP contribution in [0.2, 0.25) is 0 Å². The zero-order chi connectivity index (χ0) is 22.4. The Hall–Kier alpha value is -3.13. The number of methoxy groups -OCH3 is 1. The van der Waals surface area contributed by atoms with Gasteiger partial charge in [-0.2, -0.15) is 0 Å². The number of fused-ring (bicyclic) bond motifs is 2. The number of pyridine rings is 1. The Kier molecular flexibility index (Phi) is 5.25. The van der Waals surface area contributed by atoms with E-state index in [-0.39, 0.29) is 23.6 Å². The van der Waals surface area contributed by atoms with Gasteiger partial charge >= 0.3 is 5.97 Å². The highest BCUT2D eigenvalue weighted by Gasteiger charge is 2.30. The second kappa shape index (κ2) is 8.09. The highest BCUT2D eigenvalue weighted by molar-refractivity contribution is 7.16. The van der Waals surface area contributed by atoms with Crippen LogP contribution in [0.15, 0.2) is 34.3 Å². The Balaban J connectivity index is 1.74. The Morgan fingerprint density at radius 2 is 2.09 bits per heavy atom. The minimum absolute atomic E-state index is 0.0523. The molecule has 0 unspecified atom stereocenters. The number of rotatable bonds is 5. The van der Waals surface area contributed by atoms with Gasteiger partial charge in [-0.1, -0.05) is 5.16 Å². The molecule has 1 fully saturated rings. The average molecular weight is 453 g/mol. The fourth-order valence-electron chi connectivity index (χ4n) is 4.46. The molecular weight excluding hydrogens is 428 g/mol. The van der Waals surface area contributed by atoms with Crippen molar-refractivity contribution in [3.8, 4) is 16.2 Å². The highest BCUT2D eigenvalue weighted by atomic mass is 32.1. The second-order valence-corrected chi connectivity index (χ2v) is 9.26. The smallest absolute Gasteiger partial charge is 0.343 e. The molecule has 0 amide bonds. The molecule has 2 aliphatic carbocycles. The number of benzene rings is 1. The summed E-state index contributed by atoms with van der Waals surface area (Å²) < 4.78 is 13.0. The van der Waals surface area contributed by atoms with Crippen LogP contribution in [0.1, 0.15) is 59.4 Å². The number of hydrogen-bond acceptors (Lipinski definition) is 7. The molecule has 1 aromatic carbocycles. The molecule has 0 atom stereocenters. The number of aromatic nitrogens is 1. The lowest BCUT2D eigenvalue weighted by atomic mass is 9.96. The van der Waals surface area contributed by atoms with Crippen molar-refractivity contribution in [3.05, 3.63) is 50.6 Å². The molecule has 0 saturated heterocycles. The molecule has 5 rings (SSSR count). The standard InChI is InChI=1S/C24H24N2O5S/c1-3-31-24(28)17-12-26(13-7-8-13)21-15(22(17)27)10-9-14(23(21)30-2)20-11-16-18(25-29)5-4-6-19(16)32-20/h9-13,29H,3-8H2,1-2H3/b25-18+. The number of hydrogen-bond donors (Lipinski definition) is 1. The van der Waals surface area contributed by atoms with Crippen LogP contribution in [0.4, 0.5) is 0 Å². The van der Waals surface area contributed by atoms with Crippen LogP contribution in [-0.2, 0) is 11.2 Å². The molecule has 0 aliphatic heterocycles. The molecule has 1 N–H and O–H groups in total. The summed E-state index contributed by atoms with van der Waals surface area (Å²) in [6.45, 7) is 1.94. The number of thiophene rings is 1. The van der Waals surface area contributed by atoms with E-state index in [1.807, 2.05) is 16.7 Å². The first-order chi connectivity index (χ1) is 15.6. The highest BCUT2D eigenvalue weighted by Crippen LogP contribution is 2.45. The van der Waals surface area contributed by atoms with Gasteiger partial charge in [0.2, 0.25) is 5.43 Å². The lowest BCUT2D eigenvalue weighted by Gasteiger charge is -2.17. The maximum absolute atomic E-state index is 13.2. The van der Waals surface area contributed by atoms with Gasteiger partial charge in [0.25, 0.3) is 0 Å². The van der Waals surface area contributed by atoms with Gasteiger partial charge in [-0.15, -0.1) is 11.3 Å². The van der Waals surface area contributed by atoms with Crippen LogP contribution in [0.25, 0.3) is 21.3 Å². The molecule has 2 aromatic heterocycles. The second-order valence-electron chi connectivity index (χ2n) is 8.12. The van der Waals surface area contributed by atoms with Crippen LogP contribution in [0.3, 0.4) is 0 Å². The molecule has 3 aromatic rings. The number of esters is 1. The van der Waals surface area contributed by atoms with Gasteiger partial charge in [0.05, 0.1) is 30.3 Å². The molecule has 2 aliphatic rings. The summed E-state index contributed by atoms with van der Waals surface area (Å²) in [6.07, 6.45) is 6.26. The van der Waals surface area contributed by atoms with Crippen LogP contribution >= 0.6 is 11.3 Å². The maximum atomic E-state index is 13.2. The molecule has 0 radical (unpaired) electrons. The van der Waals surface area contributed by atoms with Crippen molar-refractivity contribution >= 4 is 33.9 Å². The summed E-state index contributed by atoms with van der Waals surface area (Å²) in [6, 6.07) is 5.92. The lowest BCUT2D eigenvalue weighted by Crippen LogP contribution is -2.21. The molecule has 7 nitrogen and oxygen atoms in total. The van der Waals surface area contributed by atoms with Gasteiger partial charge in [-0.3, -0.25) is 4.79 Å². The van der Waals surface area contributed by atoms with Crippen LogP contribution in [0.5, 0.6) is 5.75 Å². The Labute approximate surface area is 188 Å². The zero-order valence-corrected chi connectivity index (χ0v) is 18.8. The number of carbonyl (C=O) groups excluding carboxylic acids is 1. The van der Waals surface area contributed by atoms with E-state index in [0.29, 0.717) is 22.4 Å². The summed E-state index contributed by atoms with van der Waals surface area (Å²) >= 11 is 1.66. The third kappa shape index (κ3) is 3.30. The van der Waals surface area contributed by atoms with Crippen molar-refractivity contribution in [1.82, 2.24) is 4.57 Å². The minimum Gasteiger partial charge on any atom is -0.494 e. The van der Waals surface area contributed by atoms with Gasteiger partial charge < -0.3 is 19.2 Å². The van der Waals surface area contributed by atoms with Gasteiger partial charge in [0, 0.05) is 33.1 Å². The predicted octanol–water partition coefficient (Wildman–Crippen LogP) is 4.76. The largest absolute Gasteiger partial charge is 0.494 e. The fourth-order valence-corrected chi connectivity index (χ4v) is 5.71. The molecule has 1 saturated carbocycles. The summed E-state index contributed by atoms with van der Waals surface area (Å²) in [4.78, 5) is 27.8. The van der Waals surface area contributed by atoms with Crippen LogP contribution in [-0.4, -0.2) is 35.2 Å². The van der Waals surface area contributed by atoms with Gasteiger partial charge in [-0.25, -0.2) is 4.79 Å². The van der Waals surface area contributed by atoms with E-state index >= 15 is 0 Å². The molecule has 0 spiro atoms. The molecule has 0 bridgehead atoms. The maximum Gasteiger partial charge on any atom is 0.343 e. The zero-order valence-electron chi connectivity index (χ0n) is 18.0. The van der Waals surface area contributed by atoms with Crippen molar-refractivity contribution in [2.75, 3.05) is 13.7 Å². The number of aryl methyl sites for hydroxylation is 1. The fraction of sp³-hybridized carbons (Fsp3) is 0.375. The Morgan fingerprint density at radius 3 is 2.78 bits per heavy atom. The van der Waals surface area contributed by atoms with E-state index in [9.17, 15) is 14.8 Å². The van der Waals surface area contributed by atoms with Gasteiger partial charge in [0.1, 0.15) is 5.56 Å².